The molecule has 4 atom stereocenters. The van der Waals surface area contributed by atoms with Gasteiger partial charge in [0, 0.05) is 42.7 Å². The number of thioether (sulfide) groups is 1. The number of hydrogen-bond acceptors (Lipinski definition) is 7. The van der Waals surface area contributed by atoms with Crippen molar-refractivity contribution in [3.8, 4) is 11.1 Å². The van der Waals surface area contributed by atoms with Crippen LogP contribution in [0.2, 0.25) is 0 Å². The number of carbonyl (C=O) groups is 1. The van der Waals surface area contributed by atoms with Crippen molar-refractivity contribution < 1.29 is 19.4 Å². The van der Waals surface area contributed by atoms with Gasteiger partial charge in [0.2, 0.25) is 0 Å². The molecule has 2 amide bonds. The lowest BCUT2D eigenvalue weighted by Gasteiger charge is -2.41. The summed E-state index contributed by atoms with van der Waals surface area (Å²) in [6.45, 7) is 5.08. The van der Waals surface area contributed by atoms with Crippen molar-refractivity contribution in [2.24, 2.45) is 5.92 Å². The predicted molar refractivity (Wildman–Crippen MR) is 164 cm³/mol. The first kappa shape index (κ1) is 29.7. The normalized spacial score (nSPS) is 20.2. The maximum Gasteiger partial charge on any atom is 0.315 e. The second kappa shape index (κ2) is 14.4. The van der Waals surface area contributed by atoms with Crippen molar-refractivity contribution in [3.63, 3.8) is 0 Å². The first-order chi connectivity index (χ1) is 20.5. The van der Waals surface area contributed by atoms with E-state index in [-0.39, 0.29) is 30.8 Å². The molecule has 0 aliphatic carbocycles. The zero-order chi connectivity index (χ0) is 29.3. The van der Waals surface area contributed by atoms with Crippen LogP contribution in [0.5, 0.6) is 0 Å². The number of ether oxygens (including phenoxy) is 2. The molecule has 1 aliphatic rings. The quantitative estimate of drug-likeness (QED) is 0.154. The fourth-order valence-corrected chi connectivity index (χ4v) is 5.89. The Morgan fingerprint density at radius 1 is 0.881 bits per heavy atom. The Morgan fingerprint density at radius 3 is 2.33 bits per heavy atom. The number of benzene rings is 3. The Kier molecular flexibility index (Phi) is 10.2. The maximum atomic E-state index is 11.8. The zero-order valence-electron chi connectivity index (χ0n) is 23.8. The topological polar surface area (TPSA) is 106 Å². The molecule has 0 spiro atoms. The number of carbonyl (C=O) groups excluding carboxylic acids is 1. The molecule has 2 heterocycles. The van der Waals surface area contributed by atoms with Gasteiger partial charge in [-0.2, -0.15) is 0 Å². The van der Waals surface area contributed by atoms with Gasteiger partial charge >= 0.3 is 6.03 Å². The van der Waals surface area contributed by atoms with E-state index in [0.29, 0.717) is 24.0 Å². The third kappa shape index (κ3) is 7.54. The van der Waals surface area contributed by atoms with Crippen LogP contribution in [0.15, 0.2) is 96.4 Å². The minimum Gasteiger partial charge on any atom is -0.392 e. The molecule has 4 aromatic rings. The Balaban J connectivity index is 1.33. The maximum absolute atomic E-state index is 11.8. The smallest absolute Gasteiger partial charge is 0.315 e. The van der Waals surface area contributed by atoms with Crippen LogP contribution in [-0.4, -0.2) is 39.5 Å². The van der Waals surface area contributed by atoms with E-state index in [1.165, 1.54) is 0 Å². The third-order valence-corrected chi connectivity index (χ3v) is 8.24. The van der Waals surface area contributed by atoms with Crippen LogP contribution in [0.4, 0.5) is 4.79 Å². The van der Waals surface area contributed by atoms with Gasteiger partial charge in [0.15, 0.2) is 11.4 Å². The van der Waals surface area contributed by atoms with E-state index < -0.39 is 6.29 Å². The van der Waals surface area contributed by atoms with Gasteiger partial charge in [0.1, 0.15) is 0 Å². The van der Waals surface area contributed by atoms with Crippen LogP contribution in [0.25, 0.3) is 11.1 Å². The number of nitrogens with zero attached hydrogens (tertiary/aromatic N) is 2. The monoisotopic (exact) mass is 584 g/mol. The van der Waals surface area contributed by atoms with E-state index in [4.69, 9.17) is 9.47 Å². The van der Waals surface area contributed by atoms with Gasteiger partial charge in [-0.3, -0.25) is 0 Å². The summed E-state index contributed by atoms with van der Waals surface area (Å²) in [5, 5.41) is 15.8. The highest BCUT2D eigenvalue weighted by atomic mass is 32.2. The fraction of sp³-hybridized carbons (Fsp3) is 0.303. The number of urea groups is 1. The van der Waals surface area contributed by atoms with Crippen molar-refractivity contribution in [2.75, 3.05) is 12.3 Å². The number of hydrogen-bond donors (Lipinski definition) is 3. The first-order valence-corrected chi connectivity index (χ1v) is 15.1. The molecule has 0 radical (unpaired) electrons. The molecule has 5 rings (SSSR count). The average Bonchev–Trinajstić information content (AvgIpc) is 3.04. The van der Waals surface area contributed by atoms with E-state index >= 15 is 0 Å². The Labute approximate surface area is 250 Å². The largest absolute Gasteiger partial charge is 0.392 e. The number of nitrogens with one attached hydrogen (secondary N) is 2. The lowest BCUT2D eigenvalue weighted by Crippen LogP contribution is -2.38. The predicted octanol–water partition coefficient (Wildman–Crippen LogP) is 6.04. The molecule has 0 bridgehead atoms. The highest BCUT2D eigenvalue weighted by Gasteiger charge is 2.38. The van der Waals surface area contributed by atoms with Crippen LogP contribution in [0, 0.1) is 5.92 Å². The molecule has 1 saturated heterocycles. The van der Waals surface area contributed by atoms with E-state index in [1.54, 1.807) is 24.2 Å². The molecule has 9 heteroatoms. The summed E-state index contributed by atoms with van der Waals surface area (Å²) in [6.07, 6.45) is 2.65. The molecule has 8 nitrogen and oxygen atoms in total. The number of aliphatic hydroxyl groups is 1. The Hall–Kier alpha value is -3.76. The standard InChI is InChI=1S/C33H36N4O4S/c1-3-34-32(39)37-19-24-6-4-7-28(18-24)25-12-14-27(15-13-25)31-40-29(21-42-33-35-16-5-17-36-33)22(2)30(41-31)26-10-8-23(20-38)9-11-26/h4-18,22,29-31,38H,3,19-21H2,1-2H3,(H2,34,37,39)/t22-,29+,30+,31+/m1/s1. The third-order valence-electron chi connectivity index (χ3n) is 7.28. The summed E-state index contributed by atoms with van der Waals surface area (Å²) in [4.78, 5) is 20.5. The number of aromatic nitrogens is 2. The summed E-state index contributed by atoms with van der Waals surface area (Å²) in [7, 11) is 0. The van der Waals surface area contributed by atoms with E-state index in [2.05, 4.69) is 51.8 Å². The van der Waals surface area contributed by atoms with Gasteiger partial charge in [0.05, 0.1) is 18.8 Å². The zero-order valence-corrected chi connectivity index (χ0v) is 24.6. The molecule has 0 unspecified atom stereocenters. The second-order valence-corrected chi connectivity index (χ2v) is 11.2. The summed E-state index contributed by atoms with van der Waals surface area (Å²) in [5.74, 6) is 0.762. The summed E-state index contributed by atoms with van der Waals surface area (Å²) in [6, 6.07) is 25.9. The van der Waals surface area contributed by atoms with Gasteiger partial charge in [-0.15, -0.1) is 0 Å². The molecule has 1 aromatic heterocycles. The molecule has 1 aliphatic heterocycles. The number of rotatable bonds is 10. The second-order valence-electron chi connectivity index (χ2n) is 10.2. The minimum absolute atomic E-state index is 0.00336. The van der Waals surface area contributed by atoms with E-state index in [9.17, 15) is 9.90 Å². The molecule has 0 saturated carbocycles. The number of amides is 2. The highest BCUT2D eigenvalue weighted by molar-refractivity contribution is 7.99. The molecule has 218 valence electrons. The van der Waals surface area contributed by atoms with Crippen LogP contribution in [-0.2, 0) is 22.6 Å². The van der Waals surface area contributed by atoms with Gasteiger partial charge in [0.25, 0.3) is 0 Å². The van der Waals surface area contributed by atoms with Gasteiger partial charge in [-0.1, -0.05) is 85.4 Å². The van der Waals surface area contributed by atoms with Gasteiger partial charge in [-0.05, 0) is 46.9 Å². The SMILES string of the molecule is CCNC(=O)NCc1cccc(-c2ccc([C@H]3O[C@@H](CSc4ncccn4)[C@@H](C)[C@@H](c4ccc(CO)cc4)O3)cc2)c1. The lowest BCUT2D eigenvalue weighted by molar-refractivity contribution is -0.268. The minimum atomic E-state index is -0.548. The number of aliphatic hydroxyl groups excluding tert-OH is 1. The van der Waals surface area contributed by atoms with E-state index in [1.807, 2.05) is 61.5 Å². The Bertz CT molecular complexity index is 1440. The van der Waals surface area contributed by atoms with Crippen LogP contribution in [0.1, 0.15) is 48.5 Å². The van der Waals surface area contributed by atoms with E-state index in [0.717, 1.165) is 33.4 Å². The first-order valence-electron chi connectivity index (χ1n) is 14.2. The Morgan fingerprint density at radius 2 is 1.62 bits per heavy atom. The molecule has 1 fully saturated rings. The van der Waals surface area contributed by atoms with Crippen LogP contribution < -0.4 is 10.6 Å². The van der Waals surface area contributed by atoms with Crippen molar-refractivity contribution in [1.29, 1.82) is 0 Å². The van der Waals surface area contributed by atoms with Gasteiger partial charge in [-0.25, -0.2) is 14.8 Å². The van der Waals surface area contributed by atoms with Crippen molar-refractivity contribution in [2.45, 2.75) is 50.7 Å². The molecule has 3 N–H and O–H groups in total. The van der Waals surface area contributed by atoms with Crippen LogP contribution in [0.3, 0.4) is 0 Å². The van der Waals surface area contributed by atoms with Gasteiger partial charge < -0.3 is 25.2 Å². The fourth-order valence-electron chi connectivity index (χ4n) is 4.93. The molecule has 42 heavy (non-hydrogen) atoms. The molecule has 3 aromatic carbocycles. The summed E-state index contributed by atoms with van der Waals surface area (Å²) < 4.78 is 13.2. The van der Waals surface area contributed by atoms with Crippen molar-refractivity contribution in [1.82, 2.24) is 20.6 Å². The summed E-state index contributed by atoms with van der Waals surface area (Å²) in [5.41, 5.74) is 6.00. The lowest BCUT2D eigenvalue weighted by atomic mass is 9.91. The molecular weight excluding hydrogens is 548 g/mol. The van der Waals surface area contributed by atoms with Crippen LogP contribution >= 0.6 is 11.8 Å². The van der Waals surface area contributed by atoms with Crippen molar-refractivity contribution >= 4 is 17.8 Å². The highest BCUT2D eigenvalue weighted by Crippen LogP contribution is 2.43. The average molecular weight is 585 g/mol. The summed E-state index contributed by atoms with van der Waals surface area (Å²) >= 11 is 1.57. The molecular formula is C33H36N4O4S. The van der Waals surface area contributed by atoms with Crippen molar-refractivity contribution in [3.05, 3.63) is 114 Å².